The molecule has 0 spiro atoms. The lowest BCUT2D eigenvalue weighted by molar-refractivity contribution is -0.126. The van der Waals surface area contributed by atoms with Crippen LogP contribution in [0, 0.1) is 19.8 Å². The van der Waals surface area contributed by atoms with Gasteiger partial charge in [0.2, 0.25) is 5.91 Å². The Hall–Kier alpha value is -1.36. The van der Waals surface area contributed by atoms with E-state index in [1.165, 1.54) is 5.56 Å². The number of aromatic nitrogens is 2. The lowest BCUT2D eigenvalue weighted by Crippen LogP contribution is -2.35. The fourth-order valence-electron chi connectivity index (χ4n) is 2.97. The highest BCUT2D eigenvalue weighted by molar-refractivity contribution is 5.78. The molecule has 20 heavy (non-hydrogen) atoms. The molecule has 0 bridgehead atoms. The lowest BCUT2D eigenvalue weighted by atomic mass is 9.87. The van der Waals surface area contributed by atoms with E-state index in [1.807, 2.05) is 18.7 Å². The molecule has 0 saturated heterocycles. The number of hydrogen-bond acceptors (Lipinski definition) is 3. The number of nitrogens with zero attached hydrogens (tertiary/aromatic N) is 2. The topological polar surface area (TPSA) is 67.2 Å². The second-order valence-corrected chi connectivity index (χ2v) is 5.82. The summed E-state index contributed by atoms with van der Waals surface area (Å²) >= 11 is 0. The van der Waals surface area contributed by atoms with E-state index in [2.05, 4.69) is 17.3 Å². The average Bonchev–Trinajstić information content (AvgIpc) is 2.65. The van der Waals surface area contributed by atoms with Gasteiger partial charge in [0.15, 0.2) is 0 Å². The zero-order valence-corrected chi connectivity index (χ0v) is 12.6. The largest absolute Gasteiger partial charge is 0.393 e. The predicted octanol–water partition coefficient (Wildman–Crippen LogP) is 1.25. The molecule has 0 aliphatic heterocycles. The zero-order chi connectivity index (χ0) is 14.7. The Morgan fingerprint density at radius 2 is 2.00 bits per heavy atom. The second-order valence-electron chi connectivity index (χ2n) is 5.82. The quantitative estimate of drug-likeness (QED) is 0.871. The van der Waals surface area contributed by atoms with E-state index in [9.17, 15) is 9.90 Å². The van der Waals surface area contributed by atoms with Gasteiger partial charge >= 0.3 is 0 Å². The van der Waals surface area contributed by atoms with Gasteiger partial charge in [-0.25, -0.2) is 0 Å². The summed E-state index contributed by atoms with van der Waals surface area (Å²) in [6.45, 7) is 4.72. The summed E-state index contributed by atoms with van der Waals surface area (Å²) in [5.41, 5.74) is 3.43. The van der Waals surface area contributed by atoms with Crippen molar-refractivity contribution in [3.8, 4) is 0 Å². The molecular weight excluding hydrogens is 254 g/mol. The molecule has 1 aromatic rings. The van der Waals surface area contributed by atoms with Crippen molar-refractivity contribution < 1.29 is 9.90 Å². The molecule has 1 saturated carbocycles. The van der Waals surface area contributed by atoms with Crippen LogP contribution in [0.25, 0.3) is 0 Å². The molecule has 1 amide bonds. The van der Waals surface area contributed by atoms with Crippen molar-refractivity contribution >= 4 is 5.91 Å². The molecular formula is C15H25N3O2. The zero-order valence-electron chi connectivity index (χ0n) is 12.6. The molecule has 0 radical (unpaired) electrons. The molecule has 1 fully saturated rings. The first kappa shape index (κ1) is 15.0. The van der Waals surface area contributed by atoms with Crippen LogP contribution in [-0.2, 0) is 18.3 Å². The van der Waals surface area contributed by atoms with Gasteiger partial charge in [0.25, 0.3) is 0 Å². The molecule has 112 valence electrons. The number of aliphatic hydroxyl groups excluding tert-OH is 1. The molecule has 1 aliphatic rings. The second kappa shape index (κ2) is 6.39. The smallest absolute Gasteiger partial charge is 0.223 e. The minimum absolute atomic E-state index is 0.0782. The highest BCUT2D eigenvalue weighted by Crippen LogP contribution is 2.24. The van der Waals surface area contributed by atoms with E-state index in [1.54, 1.807) is 0 Å². The third kappa shape index (κ3) is 3.39. The first-order valence-electron chi connectivity index (χ1n) is 7.44. The summed E-state index contributed by atoms with van der Waals surface area (Å²) in [5.74, 6) is 0.214. The normalized spacial score (nSPS) is 22.8. The monoisotopic (exact) mass is 279 g/mol. The number of amides is 1. The van der Waals surface area contributed by atoms with E-state index in [-0.39, 0.29) is 17.9 Å². The Balaban J connectivity index is 1.79. The number of aryl methyl sites for hydroxylation is 2. The van der Waals surface area contributed by atoms with E-state index in [4.69, 9.17) is 0 Å². The van der Waals surface area contributed by atoms with Crippen molar-refractivity contribution in [1.29, 1.82) is 0 Å². The van der Waals surface area contributed by atoms with Crippen LogP contribution in [0.15, 0.2) is 0 Å². The summed E-state index contributed by atoms with van der Waals surface area (Å²) in [6.07, 6.45) is 3.72. The average molecular weight is 279 g/mol. The van der Waals surface area contributed by atoms with Crippen LogP contribution in [-0.4, -0.2) is 33.4 Å². The highest BCUT2D eigenvalue weighted by Gasteiger charge is 2.24. The first-order valence-corrected chi connectivity index (χ1v) is 7.44. The number of rotatable bonds is 4. The molecule has 5 nitrogen and oxygen atoms in total. The number of nitrogens with one attached hydrogen (secondary N) is 1. The van der Waals surface area contributed by atoms with E-state index in [0.29, 0.717) is 6.54 Å². The van der Waals surface area contributed by atoms with Crippen LogP contribution in [0.3, 0.4) is 0 Å². The minimum atomic E-state index is -0.209. The van der Waals surface area contributed by atoms with Crippen molar-refractivity contribution in [2.45, 2.75) is 52.1 Å². The molecule has 0 aromatic carbocycles. The van der Waals surface area contributed by atoms with E-state index in [0.717, 1.165) is 43.5 Å². The van der Waals surface area contributed by atoms with Gasteiger partial charge in [-0.05, 0) is 51.5 Å². The van der Waals surface area contributed by atoms with Crippen molar-refractivity contribution in [2.24, 2.45) is 13.0 Å². The molecule has 1 aromatic heterocycles. The molecule has 5 heteroatoms. The van der Waals surface area contributed by atoms with Gasteiger partial charge in [-0.2, -0.15) is 5.10 Å². The van der Waals surface area contributed by atoms with Crippen LogP contribution in [0.2, 0.25) is 0 Å². The molecule has 1 heterocycles. The first-order chi connectivity index (χ1) is 9.49. The number of hydrogen-bond donors (Lipinski definition) is 2. The van der Waals surface area contributed by atoms with Gasteiger partial charge in [0.1, 0.15) is 0 Å². The standard InChI is InChI=1S/C15H25N3O2/c1-10-14(11(2)18(3)17-10)8-9-16-15(20)12-4-6-13(19)7-5-12/h12-13,19H,4-9H2,1-3H3,(H,16,20). The SMILES string of the molecule is Cc1nn(C)c(C)c1CCNC(=O)C1CCC(O)CC1. The Bertz CT molecular complexity index is 474. The summed E-state index contributed by atoms with van der Waals surface area (Å²) in [5, 5.41) is 16.9. The van der Waals surface area contributed by atoms with Gasteiger partial charge < -0.3 is 10.4 Å². The third-order valence-corrected chi connectivity index (χ3v) is 4.40. The lowest BCUT2D eigenvalue weighted by Gasteiger charge is -2.24. The molecule has 1 aliphatic carbocycles. The maximum atomic E-state index is 12.1. The number of carbonyl (C=O) groups is 1. The van der Waals surface area contributed by atoms with Crippen LogP contribution in [0.4, 0.5) is 0 Å². The Kier molecular flexibility index (Phi) is 4.81. The van der Waals surface area contributed by atoms with Gasteiger partial charge in [0.05, 0.1) is 11.8 Å². The summed E-state index contributed by atoms with van der Waals surface area (Å²) < 4.78 is 1.88. The minimum Gasteiger partial charge on any atom is -0.393 e. The van der Waals surface area contributed by atoms with Crippen molar-refractivity contribution in [3.05, 3.63) is 17.0 Å². The van der Waals surface area contributed by atoms with Crippen LogP contribution in [0.5, 0.6) is 0 Å². The maximum Gasteiger partial charge on any atom is 0.223 e. The van der Waals surface area contributed by atoms with Crippen LogP contribution in [0.1, 0.15) is 42.6 Å². The van der Waals surface area contributed by atoms with Gasteiger partial charge in [-0.3, -0.25) is 9.48 Å². The summed E-state index contributed by atoms with van der Waals surface area (Å²) in [4.78, 5) is 12.1. The molecule has 0 atom stereocenters. The van der Waals surface area contributed by atoms with Crippen molar-refractivity contribution in [2.75, 3.05) is 6.54 Å². The molecule has 0 unspecified atom stereocenters. The van der Waals surface area contributed by atoms with Crippen LogP contribution >= 0.6 is 0 Å². The fourth-order valence-corrected chi connectivity index (χ4v) is 2.97. The van der Waals surface area contributed by atoms with Crippen molar-refractivity contribution in [1.82, 2.24) is 15.1 Å². The summed E-state index contributed by atoms with van der Waals surface area (Å²) in [6, 6.07) is 0. The van der Waals surface area contributed by atoms with Gasteiger partial charge in [-0.15, -0.1) is 0 Å². The number of carbonyl (C=O) groups excluding carboxylic acids is 1. The third-order valence-electron chi connectivity index (χ3n) is 4.40. The number of aliphatic hydroxyl groups is 1. The summed E-state index contributed by atoms with van der Waals surface area (Å²) in [7, 11) is 1.94. The van der Waals surface area contributed by atoms with Crippen LogP contribution < -0.4 is 5.32 Å². The fraction of sp³-hybridized carbons (Fsp3) is 0.733. The van der Waals surface area contributed by atoms with Gasteiger partial charge in [-0.1, -0.05) is 0 Å². The molecule has 2 rings (SSSR count). The molecule has 2 N–H and O–H groups in total. The Labute approximate surface area is 120 Å². The predicted molar refractivity (Wildman–Crippen MR) is 77.4 cm³/mol. The maximum absolute atomic E-state index is 12.1. The highest BCUT2D eigenvalue weighted by atomic mass is 16.3. The van der Waals surface area contributed by atoms with Crippen molar-refractivity contribution in [3.63, 3.8) is 0 Å². The Morgan fingerprint density at radius 1 is 1.35 bits per heavy atom. The Morgan fingerprint density at radius 3 is 2.55 bits per heavy atom. The van der Waals surface area contributed by atoms with E-state index < -0.39 is 0 Å². The van der Waals surface area contributed by atoms with Gasteiger partial charge in [0, 0.05) is 25.2 Å². The van der Waals surface area contributed by atoms with E-state index >= 15 is 0 Å².